The van der Waals surface area contributed by atoms with Crippen molar-refractivity contribution >= 4 is 17.4 Å². The number of amides is 1. The fourth-order valence-corrected chi connectivity index (χ4v) is 4.40. The van der Waals surface area contributed by atoms with Crippen molar-refractivity contribution in [3.8, 4) is 17.6 Å². The maximum Gasteiger partial charge on any atom is 0.230 e. The van der Waals surface area contributed by atoms with Crippen LogP contribution in [0.3, 0.4) is 0 Å². The number of carbonyl (C=O) groups is 1. The van der Waals surface area contributed by atoms with E-state index in [1.165, 1.54) is 19.3 Å². The summed E-state index contributed by atoms with van der Waals surface area (Å²) in [6.45, 7) is 9.96. The molecule has 0 aliphatic carbocycles. The number of carbonyl (C=O) groups excluding carboxylic acids is 1. The Hall–Kier alpha value is -4.16. The second-order valence-corrected chi connectivity index (χ2v) is 10.9. The molecule has 1 saturated heterocycles. The molecular formula is C30H34N6O3. The highest BCUT2D eigenvalue weighted by Crippen LogP contribution is 2.24. The summed E-state index contributed by atoms with van der Waals surface area (Å²) in [6, 6.07) is 11.2. The predicted molar refractivity (Wildman–Crippen MR) is 149 cm³/mol. The highest BCUT2D eigenvalue weighted by molar-refractivity contribution is 5.91. The lowest BCUT2D eigenvalue weighted by Gasteiger charge is -2.26. The minimum Gasteiger partial charge on any atom is -0.490 e. The van der Waals surface area contributed by atoms with Crippen LogP contribution in [-0.4, -0.2) is 56.8 Å². The molecule has 1 fully saturated rings. The van der Waals surface area contributed by atoms with E-state index in [0.717, 1.165) is 36.5 Å². The van der Waals surface area contributed by atoms with Gasteiger partial charge >= 0.3 is 0 Å². The Kier molecular flexibility index (Phi) is 7.94. The molecule has 39 heavy (non-hydrogen) atoms. The van der Waals surface area contributed by atoms with Crippen LogP contribution in [0.15, 0.2) is 53.3 Å². The number of piperidine rings is 1. The Bertz CT molecular complexity index is 1480. The molecule has 9 heteroatoms. The first kappa shape index (κ1) is 26.4. The SMILES string of the molecule is CC(C)(C)c1cc(NC(=O)Cc2ccc(C#Cc3cnc4cc(OCCN5CCCCC5)cnn34)cc2)no1. The molecule has 0 bridgehead atoms. The van der Waals surface area contributed by atoms with E-state index in [0.29, 0.717) is 29.5 Å². The summed E-state index contributed by atoms with van der Waals surface area (Å²) in [7, 11) is 0. The number of anilines is 1. The van der Waals surface area contributed by atoms with Gasteiger partial charge in [0.25, 0.3) is 0 Å². The summed E-state index contributed by atoms with van der Waals surface area (Å²) in [5.41, 5.74) is 2.92. The van der Waals surface area contributed by atoms with E-state index in [1.807, 2.05) is 51.1 Å². The number of nitrogens with zero attached hydrogens (tertiary/aromatic N) is 5. The molecule has 1 aromatic carbocycles. The van der Waals surface area contributed by atoms with Gasteiger partial charge in [-0.3, -0.25) is 9.69 Å². The molecule has 202 valence electrons. The van der Waals surface area contributed by atoms with Crippen molar-refractivity contribution in [2.24, 2.45) is 0 Å². The van der Waals surface area contributed by atoms with E-state index < -0.39 is 0 Å². The summed E-state index contributed by atoms with van der Waals surface area (Å²) in [5, 5.41) is 11.2. The highest BCUT2D eigenvalue weighted by Gasteiger charge is 2.20. The summed E-state index contributed by atoms with van der Waals surface area (Å²) in [6.07, 6.45) is 7.52. The van der Waals surface area contributed by atoms with Crippen molar-refractivity contribution in [3.63, 3.8) is 0 Å². The molecule has 4 aromatic rings. The maximum absolute atomic E-state index is 12.4. The van der Waals surface area contributed by atoms with Crippen LogP contribution in [0.5, 0.6) is 5.75 Å². The molecule has 3 aromatic heterocycles. The Morgan fingerprint density at radius 1 is 1.08 bits per heavy atom. The van der Waals surface area contributed by atoms with Crippen LogP contribution in [0.25, 0.3) is 5.65 Å². The van der Waals surface area contributed by atoms with Crippen molar-refractivity contribution < 1.29 is 14.1 Å². The first-order valence-electron chi connectivity index (χ1n) is 13.4. The van der Waals surface area contributed by atoms with Crippen LogP contribution in [0.2, 0.25) is 0 Å². The number of imidazole rings is 1. The zero-order valence-corrected chi connectivity index (χ0v) is 22.7. The largest absolute Gasteiger partial charge is 0.490 e. The fourth-order valence-electron chi connectivity index (χ4n) is 4.40. The number of nitrogens with one attached hydrogen (secondary N) is 1. The van der Waals surface area contributed by atoms with E-state index in [4.69, 9.17) is 9.26 Å². The minimum atomic E-state index is -0.171. The number of hydrogen-bond acceptors (Lipinski definition) is 7. The molecule has 1 N–H and O–H groups in total. The van der Waals surface area contributed by atoms with E-state index in [1.54, 1.807) is 23.0 Å². The third kappa shape index (κ3) is 7.03. The maximum atomic E-state index is 12.4. The third-order valence-electron chi connectivity index (χ3n) is 6.63. The van der Waals surface area contributed by atoms with Crippen molar-refractivity contribution in [2.75, 3.05) is 31.6 Å². The number of aromatic nitrogens is 4. The van der Waals surface area contributed by atoms with E-state index in [-0.39, 0.29) is 17.7 Å². The second kappa shape index (κ2) is 11.7. The molecule has 0 spiro atoms. The third-order valence-corrected chi connectivity index (χ3v) is 6.63. The van der Waals surface area contributed by atoms with Gasteiger partial charge in [-0.05, 0) is 49.5 Å². The standard InChI is InChI=1S/C30H34N6O3/c1-30(2,3)26-19-27(34-39-26)33-29(37)17-23-9-7-22(8-10-23)11-12-24-20-31-28-18-25(21-32-36(24)28)38-16-15-35-13-5-4-6-14-35/h7-10,18-21H,4-6,13-17H2,1-3H3,(H,33,34,37). The summed E-state index contributed by atoms with van der Waals surface area (Å²) >= 11 is 0. The van der Waals surface area contributed by atoms with Gasteiger partial charge in [-0.15, -0.1) is 0 Å². The Labute approximate surface area is 228 Å². The highest BCUT2D eigenvalue weighted by atomic mass is 16.5. The molecule has 0 unspecified atom stereocenters. The van der Waals surface area contributed by atoms with Gasteiger partial charge in [0.15, 0.2) is 11.5 Å². The number of benzene rings is 1. The van der Waals surface area contributed by atoms with Crippen LogP contribution in [-0.2, 0) is 16.6 Å². The van der Waals surface area contributed by atoms with Gasteiger partial charge in [0.05, 0.1) is 18.8 Å². The molecule has 0 radical (unpaired) electrons. The summed E-state index contributed by atoms with van der Waals surface area (Å²) in [5.74, 6) is 7.99. The van der Waals surface area contributed by atoms with Crippen molar-refractivity contribution in [1.29, 1.82) is 0 Å². The lowest BCUT2D eigenvalue weighted by Crippen LogP contribution is -2.33. The normalized spacial score (nSPS) is 14.1. The van der Waals surface area contributed by atoms with Crippen LogP contribution in [0.4, 0.5) is 5.82 Å². The van der Waals surface area contributed by atoms with Crippen molar-refractivity contribution in [2.45, 2.75) is 51.9 Å². The molecule has 1 amide bonds. The van der Waals surface area contributed by atoms with E-state index in [9.17, 15) is 4.79 Å². The number of ether oxygens (including phenoxy) is 1. The summed E-state index contributed by atoms with van der Waals surface area (Å²) in [4.78, 5) is 19.3. The molecule has 0 saturated carbocycles. The van der Waals surface area contributed by atoms with Crippen molar-refractivity contribution in [1.82, 2.24) is 24.7 Å². The fraction of sp³-hybridized carbons (Fsp3) is 0.400. The molecule has 1 aliphatic rings. The van der Waals surface area contributed by atoms with Gasteiger partial charge in [-0.1, -0.05) is 50.4 Å². The van der Waals surface area contributed by atoms with Gasteiger partial charge in [-0.25, -0.2) is 9.50 Å². The quantitative estimate of drug-likeness (QED) is 0.355. The second-order valence-electron chi connectivity index (χ2n) is 10.9. The van der Waals surface area contributed by atoms with Crippen LogP contribution in [0.1, 0.15) is 62.6 Å². The molecule has 0 atom stereocenters. The Morgan fingerprint density at radius 3 is 2.62 bits per heavy atom. The number of likely N-dealkylation sites (tertiary alicyclic amines) is 1. The van der Waals surface area contributed by atoms with Crippen LogP contribution < -0.4 is 10.1 Å². The zero-order valence-electron chi connectivity index (χ0n) is 22.7. The number of rotatable bonds is 7. The molecule has 9 nitrogen and oxygen atoms in total. The smallest absolute Gasteiger partial charge is 0.230 e. The van der Waals surface area contributed by atoms with Crippen LogP contribution >= 0.6 is 0 Å². The summed E-state index contributed by atoms with van der Waals surface area (Å²) < 4.78 is 12.9. The van der Waals surface area contributed by atoms with Gasteiger partial charge in [0.2, 0.25) is 5.91 Å². The lowest BCUT2D eigenvalue weighted by molar-refractivity contribution is -0.115. The van der Waals surface area contributed by atoms with Gasteiger partial charge in [0.1, 0.15) is 23.8 Å². The van der Waals surface area contributed by atoms with E-state index >= 15 is 0 Å². The predicted octanol–water partition coefficient (Wildman–Crippen LogP) is 4.46. The number of fused-ring (bicyclic) bond motifs is 1. The van der Waals surface area contributed by atoms with Crippen LogP contribution in [0, 0.1) is 11.8 Å². The lowest BCUT2D eigenvalue weighted by atomic mass is 9.93. The van der Waals surface area contributed by atoms with Crippen molar-refractivity contribution in [3.05, 3.63) is 71.4 Å². The average Bonchev–Trinajstić information content (AvgIpc) is 3.56. The topological polar surface area (TPSA) is 97.8 Å². The first-order valence-corrected chi connectivity index (χ1v) is 13.4. The Balaban J connectivity index is 1.15. The van der Waals surface area contributed by atoms with Gasteiger partial charge < -0.3 is 14.6 Å². The average molecular weight is 527 g/mol. The molecular weight excluding hydrogens is 492 g/mol. The zero-order chi connectivity index (χ0) is 27.2. The first-order chi connectivity index (χ1) is 18.8. The molecule has 5 rings (SSSR count). The van der Waals surface area contributed by atoms with E-state index in [2.05, 4.69) is 37.3 Å². The minimum absolute atomic E-state index is 0.158. The van der Waals surface area contributed by atoms with Gasteiger partial charge in [0, 0.05) is 29.7 Å². The Morgan fingerprint density at radius 2 is 1.87 bits per heavy atom. The number of hydrogen-bond donors (Lipinski definition) is 1. The molecule has 1 aliphatic heterocycles. The monoisotopic (exact) mass is 526 g/mol. The molecule has 4 heterocycles. The van der Waals surface area contributed by atoms with Gasteiger partial charge in [-0.2, -0.15) is 5.10 Å².